The third-order valence-corrected chi connectivity index (χ3v) is 4.98. The van der Waals surface area contributed by atoms with Crippen molar-refractivity contribution in [3.63, 3.8) is 0 Å². The zero-order valence-electron chi connectivity index (χ0n) is 11.2. The van der Waals surface area contributed by atoms with Crippen molar-refractivity contribution in [2.24, 2.45) is 17.6 Å². The van der Waals surface area contributed by atoms with Crippen LogP contribution < -0.4 is 11.1 Å². The molecule has 0 aromatic carbocycles. The van der Waals surface area contributed by atoms with Crippen molar-refractivity contribution in [2.45, 2.75) is 70.4 Å². The molecular weight excluding hydrogens is 212 g/mol. The molecular formula is C14H26N2O. The van der Waals surface area contributed by atoms with Gasteiger partial charge in [0, 0.05) is 6.04 Å². The third kappa shape index (κ3) is 2.65. The standard InChI is InChI=1S/C14H26N2O/c1-10-7-8-14(13(15)17,9-11(10)2)16-12-5-3-4-6-12/h10-12,16H,3-9H2,1-2H3,(H2,15,17). The van der Waals surface area contributed by atoms with E-state index in [-0.39, 0.29) is 5.91 Å². The highest BCUT2D eigenvalue weighted by atomic mass is 16.1. The smallest absolute Gasteiger partial charge is 0.237 e. The third-order valence-electron chi connectivity index (χ3n) is 4.98. The fourth-order valence-corrected chi connectivity index (χ4v) is 3.50. The van der Waals surface area contributed by atoms with Crippen LogP contribution in [0.4, 0.5) is 0 Å². The molecule has 98 valence electrons. The molecule has 0 aliphatic heterocycles. The van der Waals surface area contributed by atoms with Gasteiger partial charge in [-0.15, -0.1) is 0 Å². The highest BCUT2D eigenvalue weighted by Crippen LogP contribution is 2.37. The Kier molecular flexibility index (Phi) is 3.76. The molecule has 2 fully saturated rings. The highest BCUT2D eigenvalue weighted by Gasteiger charge is 2.43. The molecule has 2 rings (SSSR count). The van der Waals surface area contributed by atoms with E-state index in [9.17, 15) is 4.79 Å². The Bertz CT molecular complexity index is 286. The van der Waals surface area contributed by atoms with Crippen LogP contribution in [-0.2, 0) is 4.79 Å². The summed E-state index contributed by atoms with van der Waals surface area (Å²) in [4.78, 5) is 11.9. The van der Waals surface area contributed by atoms with Crippen LogP contribution in [0.1, 0.15) is 58.8 Å². The van der Waals surface area contributed by atoms with Gasteiger partial charge in [0.15, 0.2) is 0 Å². The van der Waals surface area contributed by atoms with Gasteiger partial charge in [-0.25, -0.2) is 0 Å². The summed E-state index contributed by atoms with van der Waals surface area (Å²) in [5.74, 6) is 1.17. The average molecular weight is 238 g/mol. The van der Waals surface area contributed by atoms with Crippen molar-refractivity contribution in [3.8, 4) is 0 Å². The van der Waals surface area contributed by atoms with Gasteiger partial charge in [-0.2, -0.15) is 0 Å². The summed E-state index contributed by atoms with van der Waals surface area (Å²) in [6.45, 7) is 4.53. The average Bonchev–Trinajstić information content (AvgIpc) is 2.76. The number of carbonyl (C=O) groups is 1. The first-order valence-electron chi connectivity index (χ1n) is 7.11. The minimum Gasteiger partial charge on any atom is -0.368 e. The summed E-state index contributed by atoms with van der Waals surface area (Å²) in [6, 6.07) is 0.517. The van der Waals surface area contributed by atoms with Gasteiger partial charge >= 0.3 is 0 Å². The predicted octanol–water partition coefficient (Wildman–Crippen LogP) is 2.20. The molecule has 3 nitrogen and oxygen atoms in total. The SMILES string of the molecule is CC1CCC(NC2CCCC2)(C(N)=O)CC1C. The number of carbonyl (C=O) groups excluding carboxylic acids is 1. The van der Waals surface area contributed by atoms with Crippen LogP contribution in [0.2, 0.25) is 0 Å². The maximum Gasteiger partial charge on any atom is 0.237 e. The molecule has 0 aromatic heterocycles. The van der Waals surface area contributed by atoms with Crippen molar-refractivity contribution < 1.29 is 4.79 Å². The molecule has 17 heavy (non-hydrogen) atoms. The van der Waals surface area contributed by atoms with Crippen LogP contribution in [0.15, 0.2) is 0 Å². The molecule has 3 atom stereocenters. The Morgan fingerprint density at radius 2 is 1.82 bits per heavy atom. The van der Waals surface area contributed by atoms with Crippen LogP contribution in [0.5, 0.6) is 0 Å². The molecule has 0 radical (unpaired) electrons. The Labute approximate surface area is 105 Å². The Morgan fingerprint density at radius 3 is 2.35 bits per heavy atom. The predicted molar refractivity (Wildman–Crippen MR) is 69.5 cm³/mol. The number of nitrogens with two attached hydrogens (primary N) is 1. The highest BCUT2D eigenvalue weighted by molar-refractivity contribution is 5.84. The zero-order chi connectivity index (χ0) is 12.5. The molecule has 0 aromatic rings. The van der Waals surface area contributed by atoms with E-state index in [4.69, 9.17) is 5.73 Å². The van der Waals surface area contributed by atoms with Gasteiger partial charge in [-0.3, -0.25) is 4.79 Å². The van der Waals surface area contributed by atoms with Crippen LogP contribution in [-0.4, -0.2) is 17.5 Å². The van der Waals surface area contributed by atoms with Gasteiger partial charge in [0.25, 0.3) is 0 Å². The Balaban J connectivity index is 2.06. The van der Waals surface area contributed by atoms with E-state index in [1.54, 1.807) is 0 Å². The minimum absolute atomic E-state index is 0.136. The summed E-state index contributed by atoms with van der Waals surface area (Å²) in [7, 11) is 0. The van der Waals surface area contributed by atoms with E-state index in [0.717, 1.165) is 19.3 Å². The van der Waals surface area contributed by atoms with Crippen LogP contribution in [0.3, 0.4) is 0 Å². The molecule has 2 aliphatic rings. The summed E-state index contributed by atoms with van der Waals surface area (Å²) in [5.41, 5.74) is 5.27. The summed E-state index contributed by atoms with van der Waals surface area (Å²) in [6.07, 6.45) is 7.95. The van der Waals surface area contributed by atoms with Gasteiger partial charge in [-0.05, 0) is 43.9 Å². The molecule has 3 N–H and O–H groups in total. The van der Waals surface area contributed by atoms with Crippen LogP contribution in [0, 0.1) is 11.8 Å². The minimum atomic E-state index is -0.416. The lowest BCUT2D eigenvalue weighted by Crippen LogP contribution is -2.61. The van der Waals surface area contributed by atoms with Gasteiger partial charge in [0.1, 0.15) is 0 Å². The van der Waals surface area contributed by atoms with E-state index in [1.807, 2.05) is 0 Å². The molecule has 0 bridgehead atoms. The van der Waals surface area contributed by atoms with Crippen molar-refractivity contribution in [3.05, 3.63) is 0 Å². The van der Waals surface area contributed by atoms with Crippen LogP contribution >= 0.6 is 0 Å². The first-order valence-corrected chi connectivity index (χ1v) is 7.11. The lowest BCUT2D eigenvalue weighted by molar-refractivity contribution is -0.127. The number of nitrogens with one attached hydrogen (secondary N) is 1. The molecule has 0 saturated heterocycles. The van der Waals surface area contributed by atoms with Crippen molar-refractivity contribution >= 4 is 5.91 Å². The fourth-order valence-electron chi connectivity index (χ4n) is 3.50. The summed E-state index contributed by atoms with van der Waals surface area (Å²) < 4.78 is 0. The molecule has 3 unspecified atom stereocenters. The molecule has 2 aliphatic carbocycles. The van der Waals surface area contributed by atoms with Crippen molar-refractivity contribution in [1.29, 1.82) is 0 Å². The van der Waals surface area contributed by atoms with Gasteiger partial charge in [0.2, 0.25) is 5.91 Å². The monoisotopic (exact) mass is 238 g/mol. The van der Waals surface area contributed by atoms with E-state index in [1.165, 1.54) is 25.7 Å². The van der Waals surface area contributed by atoms with Crippen molar-refractivity contribution in [2.75, 3.05) is 0 Å². The van der Waals surface area contributed by atoms with E-state index in [2.05, 4.69) is 19.2 Å². The van der Waals surface area contributed by atoms with E-state index >= 15 is 0 Å². The molecule has 3 heteroatoms. The first-order chi connectivity index (χ1) is 8.03. The number of primary amides is 1. The zero-order valence-corrected chi connectivity index (χ0v) is 11.2. The molecule has 2 saturated carbocycles. The van der Waals surface area contributed by atoms with Crippen molar-refractivity contribution in [1.82, 2.24) is 5.32 Å². The molecule has 1 amide bonds. The Morgan fingerprint density at radius 1 is 1.18 bits per heavy atom. The van der Waals surface area contributed by atoms with Gasteiger partial charge in [0.05, 0.1) is 5.54 Å². The maximum absolute atomic E-state index is 11.9. The maximum atomic E-state index is 11.9. The van der Waals surface area contributed by atoms with Gasteiger partial charge in [-0.1, -0.05) is 26.7 Å². The fraction of sp³-hybridized carbons (Fsp3) is 0.929. The molecule has 0 heterocycles. The lowest BCUT2D eigenvalue weighted by atomic mass is 9.70. The lowest BCUT2D eigenvalue weighted by Gasteiger charge is -2.42. The summed E-state index contributed by atoms with van der Waals surface area (Å²) in [5, 5.41) is 3.61. The number of amides is 1. The number of rotatable bonds is 3. The first kappa shape index (κ1) is 12.9. The van der Waals surface area contributed by atoms with Gasteiger partial charge < -0.3 is 11.1 Å². The quantitative estimate of drug-likeness (QED) is 0.792. The topological polar surface area (TPSA) is 55.1 Å². The van der Waals surface area contributed by atoms with Crippen LogP contribution in [0.25, 0.3) is 0 Å². The second-order valence-corrected chi connectivity index (χ2v) is 6.27. The summed E-state index contributed by atoms with van der Waals surface area (Å²) >= 11 is 0. The normalized spacial score (nSPS) is 39.4. The largest absolute Gasteiger partial charge is 0.368 e. The van der Waals surface area contributed by atoms with E-state index in [0.29, 0.717) is 17.9 Å². The number of hydrogen-bond donors (Lipinski definition) is 2. The van der Waals surface area contributed by atoms with E-state index < -0.39 is 5.54 Å². The second-order valence-electron chi connectivity index (χ2n) is 6.27. The molecule has 0 spiro atoms. The number of hydrogen-bond acceptors (Lipinski definition) is 2. The second kappa shape index (κ2) is 4.97. The Hall–Kier alpha value is -0.570.